The van der Waals surface area contributed by atoms with E-state index in [0.717, 1.165) is 11.0 Å². The molecule has 0 unspecified atom stereocenters. The maximum atomic E-state index is 2.38. The summed E-state index contributed by atoms with van der Waals surface area (Å²) in [7, 11) is 6.70. The summed E-state index contributed by atoms with van der Waals surface area (Å²) in [6.45, 7) is 8.15. The van der Waals surface area contributed by atoms with Crippen molar-refractivity contribution < 1.29 is 4.48 Å². The van der Waals surface area contributed by atoms with Gasteiger partial charge in [-0.25, -0.2) is 0 Å². The zero-order valence-electron chi connectivity index (χ0n) is 11.9. The van der Waals surface area contributed by atoms with Gasteiger partial charge >= 0.3 is 0 Å². The molecule has 1 aliphatic rings. The van der Waals surface area contributed by atoms with Crippen LogP contribution in [0.2, 0.25) is 0 Å². The molecule has 1 nitrogen and oxygen atoms in total. The van der Waals surface area contributed by atoms with Crippen LogP contribution in [0.1, 0.15) is 40.0 Å². The Bertz CT molecular complexity index is 300. The van der Waals surface area contributed by atoms with E-state index in [1.807, 2.05) is 0 Å². The first-order valence-electron chi connectivity index (χ1n) is 6.40. The SMILES string of the molecule is CC1=C(/C=C/C[N+](C)(C)C)C(C)(C)CCC1. The Hall–Kier alpha value is -0.560. The molecule has 1 aliphatic carbocycles. The third-order valence-corrected chi connectivity index (χ3v) is 3.48. The zero-order valence-corrected chi connectivity index (χ0v) is 11.9. The third-order valence-electron chi connectivity index (χ3n) is 3.48. The molecule has 0 aromatic rings. The Balaban J connectivity index is 2.78. The van der Waals surface area contributed by atoms with Gasteiger partial charge in [0.05, 0.1) is 27.7 Å². The molecule has 0 atom stereocenters. The molecular weight excluding hydrogens is 194 g/mol. The van der Waals surface area contributed by atoms with E-state index in [9.17, 15) is 0 Å². The summed E-state index contributed by atoms with van der Waals surface area (Å²) in [6.07, 6.45) is 8.68. The zero-order chi connectivity index (χ0) is 12.4. The second-order valence-electron chi connectivity index (χ2n) is 6.81. The van der Waals surface area contributed by atoms with E-state index < -0.39 is 0 Å². The van der Waals surface area contributed by atoms with Crippen LogP contribution in [0.15, 0.2) is 23.3 Å². The Morgan fingerprint density at radius 3 is 2.38 bits per heavy atom. The molecule has 0 aromatic carbocycles. The lowest BCUT2D eigenvalue weighted by atomic mass is 9.72. The summed E-state index contributed by atoms with van der Waals surface area (Å²) < 4.78 is 1.00. The van der Waals surface area contributed by atoms with Gasteiger partial charge in [0.2, 0.25) is 0 Å². The van der Waals surface area contributed by atoms with Crippen molar-refractivity contribution in [2.75, 3.05) is 27.7 Å². The Kier molecular flexibility index (Phi) is 4.01. The molecular formula is C15H28N+. The van der Waals surface area contributed by atoms with Gasteiger partial charge in [0, 0.05) is 0 Å². The molecule has 1 heteroatoms. The van der Waals surface area contributed by atoms with E-state index in [2.05, 4.69) is 54.1 Å². The van der Waals surface area contributed by atoms with E-state index in [4.69, 9.17) is 0 Å². The molecule has 1 rings (SSSR count). The highest BCUT2D eigenvalue weighted by Gasteiger charge is 2.26. The van der Waals surface area contributed by atoms with Crippen LogP contribution in [0, 0.1) is 5.41 Å². The molecule has 0 N–H and O–H groups in total. The van der Waals surface area contributed by atoms with Crippen LogP contribution >= 0.6 is 0 Å². The molecule has 0 radical (unpaired) electrons. The monoisotopic (exact) mass is 222 g/mol. The minimum atomic E-state index is 0.379. The normalized spacial score (nSPS) is 21.9. The van der Waals surface area contributed by atoms with Crippen molar-refractivity contribution in [2.24, 2.45) is 5.41 Å². The van der Waals surface area contributed by atoms with E-state index in [-0.39, 0.29) is 0 Å². The molecule has 16 heavy (non-hydrogen) atoms. The summed E-state index contributed by atoms with van der Waals surface area (Å²) in [4.78, 5) is 0. The van der Waals surface area contributed by atoms with Crippen molar-refractivity contribution in [2.45, 2.75) is 40.0 Å². The molecule has 0 heterocycles. The van der Waals surface area contributed by atoms with Gasteiger partial charge in [-0.1, -0.05) is 25.5 Å². The first kappa shape index (κ1) is 13.5. The van der Waals surface area contributed by atoms with Crippen LogP contribution in [0.25, 0.3) is 0 Å². The predicted molar refractivity (Wildman–Crippen MR) is 72.4 cm³/mol. The summed E-state index contributed by atoms with van der Waals surface area (Å²) >= 11 is 0. The van der Waals surface area contributed by atoms with Crippen molar-refractivity contribution in [3.05, 3.63) is 23.3 Å². The van der Waals surface area contributed by atoms with Gasteiger partial charge in [-0.15, -0.1) is 0 Å². The first-order chi connectivity index (χ1) is 7.22. The van der Waals surface area contributed by atoms with Crippen LogP contribution < -0.4 is 0 Å². The highest BCUT2D eigenvalue weighted by atomic mass is 15.3. The topological polar surface area (TPSA) is 0 Å². The quantitative estimate of drug-likeness (QED) is 0.638. The maximum absolute atomic E-state index is 2.38. The number of likely N-dealkylation sites (N-methyl/N-ethyl adjacent to an activating group) is 1. The molecule has 0 spiro atoms. The van der Waals surface area contributed by atoms with Crippen LogP contribution in [0.3, 0.4) is 0 Å². The van der Waals surface area contributed by atoms with Crippen LogP contribution in [-0.4, -0.2) is 32.2 Å². The highest BCUT2D eigenvalue weighted by Crippen LogP contribution is 2.40. The van der Waals surface area contributed by atoms with E-state index >= 15 is 0 Å². The number of allylic oxidation sites excluding steroid dienone is 3. The molecule has 0 saturated heterocycles. The minimum absolute atomic E-state index is 0.379. The van der Waals surface area contributed by atoms with Gasteiger partial charge < -0.3 is 4.48 Å². The molecule has 0 fully saturated rings. The smallest absolute Gasteiger partial charge is 0.0970 e. The average molecular weight is 222 g/mol. The van der Waals surface area contributed by atoms with Crippen molar-refractivity contribution >= 4 is 0 Å². The Labute approximate surface area is 101 Å². The summed E-state index contributed by atoms with van der Waals surface area (Å²) in [5, 5.41) is 0. The van der Waals surface area contributed by atoms with Gasteiger partial charge in [0.15, 0.2) is 0 Å². The van der Waals surface area contributed by atoms with Crippen molar-refractivity contribution in [3.8, 4) is 0 Å². The average Bonchev–Trinajstić information content (AvgIpc) is 2.07. The fraction of sp³-hybridized carbons (Fsp3) is 0.733. The third kappa shape index (κ3) is 3.79. The van der Waals surface area contributed by atoms with Gasteiger partial charge in [-0.2, -0.15) is 0 Å². The standard InChI is InChI=1S/C15H28N/c1-13-9-7-11-15(2,3)14(13)10-8-12-16(4,5)6/h8,10H,7,9,11-12H2,1-6H3/q+1/b10-8+. The van der Waals surface area contributed by atoms with Crippen LogP contribution in [0.5, 0.6) is 0 Å². The number of hydrogen-bond donors (Lipinski definition) is 0. The molecule has 0 saturated carbocycles. The fourth-order valence-corrected chi connectivity index (χ4v) is 2.50. The molecule has 92 valence electrons. The van der Waals surface area contributed by atoms with Crippen molar-refractivity contribution in [3.63, 3.8) is 0 Å². The number of nitrogens with zero attached hydrogens (tertiary/aromatic N) is 1. The van der Waals surface area contributed by atoms with Gasteiger partial charge in [0.25, 0.3) is 0 Å². The number of quaternary nitrogens is 1. The fourth-order valence-electron chi connectivity index (χ4n) is 2.50. The van der Waals surface area contributed by atoms with Gasteiger partial charge in [-0.05, 0) is 43.3 Å². The number of hydrogen-bond acceptors (Lipinski definition) is 0. The summed E-state index contributed by atoms with van der Waals surface area (Å²) in [6, 6.07) is 0. The van der Waals surface area contributed by atoms with Gasteiger partial charge in [-0.3, -0.25) is 0 Å². The van der Waals surface area contributed by atoms with Crippen molar-refractivity contribution in [1.29, 1.82) is 0 Å². The summed E-state index contributed by atoms with van der Waals surface area (Å²) in [5.74, 6) is 0. The summed E-state index contributed by atoms with van der Waals surface area (Å²) in [5.41, 5.74) is 3.55. The lowest BCUT2D eigenvalue weighted by Gasteiger charge is -2.33. The van der Waals surface area contributed by atoms with Crippen molar-refractivity contribution in [1.82, 2.24) is 0 Å². The second-order valence-corrected chi connectivity index (χ2v) is 6.81. The number of rotatable bonds is 3. The van der Waals surface area contributed by atoms with E-state index in [1.54, 1.807) is 11.1 Å². The highest BCUT2D eigenvalue weighted by molar-refractivity contribution is 5.32. The molecule has 0 bridgehead atoms. The van der Waals surface area contributed by atoms with E-state index in [1.165, 1.54) is 19.3 Å². The predicted octanol–water partition coefficient (Wildman–Crippen LogP) is 3.78. The lowest BCUT2D eigenvalue weighted by molar-refractivity contribution is -0.864. The lowest BCUT2D eigenvalue weighted by Crippen LogP contribution is -2.34. The van der Waals surface area contributed by atoms with Crippen LogP contribution in [-0.2, 0) is 0 Å². The Morgan fingerprint density at radius 1 is 1.25 bits per heavy atom. The molecule has 0 aromatic heterocycles. The maximum Gasteiger partial charge on any atom is 0.0970 e. The van der Waals surface area contributed by atoms with E-state index in [0.29, 0.717) is 5.41 Å². The second kappa shape index (κ2) is 4.75. The Morgan fingerprint density at radius 2 is 1.88 bits per heavy atom. The molecule has 0 aliphatic heterocycles. The largest absolute Gasteiger partial charge is 0.328 e. The molecule has 0 amide bonds. The van der Waals surface area contributed by atoms with Crippen LogP contribution in [0.4, 0.5) is 0 Å². The first-order valence-corrected chi connectivity index (χ1v) is 6.40. The van der Waals surface area contributed by atoms with Gasteiger partial charge in [0.1, 0.15) is 0 Å². The minimum Gasteiger partial charge on any atom is -0.328 e.